The van der Waals surface area contributed by atoms with Crippen molar-refractivity contribution in [2.75, 3.05) is 0 Å². The molecule has 2 aliphatic carbocycles. The Balaban J connectivity index is 2.27. The molecular formula is C10H14Cl2O. The number of carbonyl (C=O) groups excluding carboxylic acids is 1. The lowest BCUT2D eigenvalue weighted by atomic mass is 9.53. The summed E-state index contributed by atoms with van der Waals surface area (Å²) in [6.45, 7) is 4.29. The molecule has 74 valence electrons. The highest BCUT2D eigenvalue weighted by molar-refractivity contribution is 6.60. The topological polar surface area (TPSA) is 17.1 Å². The molecule has 0 saturated heterocycles. The van der Waals surface area contributed by atoms with E-state index in [-0.39, 0.29) is 23.0 Å². The van der Waals surface area contributed by atoms with E-state index in [1.54, 1.807) is 0 Å². The minimum absolute atomic E-state index is 0.0468. The first-order valence-corrected chi connectivity index (χ1v) is 5.55. The fourth-order valence-corrected chi connectivity index (χ4v) is 3.57. The quantitative estimate of drug-likeness (QED) is 0.574. The van der Waals surface area contributed by atoms with Gasteiger partial charge < -0.3 is 0 Å². The lowest BCUT2D eigenvalue weighted by Crippen LogP contribution is -2.62. The number of hydrogen-bond acceptors (Lipinski definition) is 1. The first-order chi connectivity index (χ1) is 5.87. The van der Waals surface area contributed by atoms with Gasteiger partial charge in [0.25, 0.3) is 0 Å². The molecule has 0 aromatic heterocycles. The standard InChI is InChI=1S/C10H14Cl2O/c1-9(2)5-3-4-6-7(9)8(13)10(6,11)12/h6-7H,3-5H2,1-2H3/t6-,7+/m0/s1. The smallest absolute Gasteiger partial charge is 0.179 e. The average molecular weight is 221 g/mol. The van der Waals surface area contributed by atoms with Crippen LogP contribution >= 0.6 is 23.2 Å². The first-order valence-electron chi connectivity index (χ1n) is 4.79. The molecule has 2 atom stereocenters. The summed E-state index contributed by atoms with van der Waals surface area (Å²) in [5, 5.41) is 0. The minimum atomic E-state index is -1.07. The predicted molar refractivity (Wildman–Crippen MR) is 54.1 cm³/mol. The maximum absolute atomic E-state index is 11.7. The van der Waals surface area contributed by atoms with E-state index in [0.717, 1.165) is 19.3 Å². The maximum Gasteiger partial charge on any atom is 0.179 e. The second-order valence-electron chi connectivity index (χ2n) is 4.95. The molecule has 1 nitrogen and oxygen atoms in total. The zero-order chi connectivity index (χ0) is 9.85. The van der Waals surface area contributed by atoms with Gasteiger partial charge in [0.2, 0.25) is 0 Å². The third kappa shape index (κ3) is 1.16. The van der Waals surface area contributed by atoms with Crippen molar-refractivity contribution in [3.05, 3.63) is 0 Å². The molecule has 2 aliphatic rings. The van der Waals surface area contributed by atoms with Crippen LogP contribution in [0.5, 0.6) is 0 Å². The van der Waals surface area contributed by atoms with Crippen molar-refractivity contribution in [3.63, 3.8) is 0 Å². The van der Waals surface area contributed by atoms with Gasteiger partial charge >= 0.3 is 0 Å². The van der Waals surface area contributed by atoms with Gasteiger partial charge in [-0.3, -0.25) is 4.79 Å². The van der Waals surface area contributed by atoms with Crippen molar-refractivity contribution in [2.24, 2.45) is 17.3 Å². The summed E-state index contributed by atoms with van der Waals surface area (Å²) >= 11 is 11.9. The van der Waals surface area contributed by atoms with Crippen LogP contribution in [0.25, 0.3) is 0 Å². The summed E-state index contributed by atoms with van der Waals surface area (Å²) in [5.74, 6) is 0.355. The van der Waals surface area contributed by atoms with Gasteiger partial charge in [0.15, 0.2) is 10.1 Å². The van der Waals surface area contributed by atoms with E-state index in [4.69, 9.17) is 23.2 Å². The van der Waals surface area contributed by atoms with Crippen LogP contribution in [-0.4, -0.2) is 10.1 Å². The molecule has 0 aromatic rings. The van der Waals surface area contributed by atoms with Gasteiger partial charge in [-0.15, -0.1) is 0 Å². The summed E-state index contributed by atoms with van der Waals surface area (Å²) in [4.78, 5) is 11.7. The zero-order valence-corrected chi connectivity index (χ0v) is 9.45. The van der Waals surface area contributed by atoms with Gasteiger partial charge in [-0.25, -0.2) is 0 Å². The van der Waals surface area contributed by atoms with E-state index in [0.29, 0.717) is 0 Å². The van der Waals surface area contributed by atoms with Crippen molar-refractivity contribution in [2.45, 2.75) is 37.4 Å². The highest BCUT2D eigenvalue weighted by atomic mass is 35.5. The Morgan fingerprint density at radius 2 is 2.00 bits per heavy atom. The maximum atomic E-state index is 11.7. The Hall–Kier alpha value is 0.250. The van der Waals surface area contributed by atoms with Crippen LogP contribution in [-0.2, 0) is 4.79 Å². The third-order valence-electron chi connectivity index (χ3n) is 3.66. The molecule has 2 rings (SSSR count). The van der Waals surface area contributed by atoms with E-state index in [1.807, 2.05) is 0 Å². The second kappa shape index (κ2) is 2.64. The number of carbonyl (C=O) groups is 1. The Morgan fingerprint density at radius 3 is 2.54 bits per heavy atom. The van der Waals surface area contributed by atoms with Crippen molar-refractivity contribution >= 4 is 29.0 Å². The molecule has 2 fully saturated rings. The summed E-state index contributed by atoms with van der Waals surface area (Å²) in [7, 11) is 0. The molecule has 0 spiro atoms. The average Bonchev–Trinajstić information content (AvgIpc) is 2.02. The molecule has 0 N–H and O–H groups in total. The summed E-state index contributed by atoms with van der Waals surface area (Å²) in [6, 6.07) is 0. The van der Waals surface area contributed by atoms with Crippen LogP contribution in [0.1, 0.15) is 33.1 Å². The highest BCUT2D eigenvalue weighted by Crippen LogP contribution is 2.60. The number of ketones is 1. The summed E-state index contributed by atoms with van der Waals surface area (Å²) in [6.07, 6.45) is 3.26. The van der Waals surface area contributed by atoms with Crippen LogP contribution in [0.15, 0.2) is 0 Å². The molecule has 0 heterocycles. The largest absolute Gasteiger partial charge is 0.296 e. The molecule has 0 radical (unpaired) electrons. The molecule has 13 heavy (non-hydrogen) atoms. The number of fused-ring (bicyclic) bond motifs is 1. The van der Waals surface area contributed by atoms with E-state index in [2.05, 4.69) is 13.8 Å². The second-order valence-corrected chi connectivity index (χ2v) is 6.34. The highest BCUT2D eigenvalue weighted by Gasteiger charge is 2.65. The Morgan fingerprint density at radius 1 is 1.38 bits per heavy atom. The Labute approximate surface area is 88.8 Å². The fraction of sp³-hybridized carbons (Fsp3) is 0.900. The van der Waals surface area contributed by atoms with E-state index in [1.165, 1.54) is 0 Å². The van der Waals surface area contributed by atoms with E-state index >= 15 is 0 Å². The van der Waals surface area contributed by atoms with Crippen LogP contribution in [0.2, 0.25) is 0 Å². The van der Waals surface area contributed by atoms with Gasteiger partial charge in [-0.2, -0.15) is 0 Å². The summed E-state index contributed by atoms with van der Waals surface area (Å²) in [5.41, 5.74) is 0.104. The molecule has 3 heteroatoms. The van der Waals surface area contributed by atoms with Gasteiger partial charge in [0.05, 0.1) is 0 Å². The number of halogens is 2. The number of hydrogen-bond donors (Lipinski definition) is 0. The van der Waals surface area contributed by atoms with Crippen molar-refractivity contribution in [1.29, 1.82) is 0 Å². The van der Waals surface area contributed by atoms with E-state index < -0.39 is 4.33 Å². The number of rotatable bonds is 0. The van der Waals surface area contributed by atoms with Gasteiger partial charge in [-0.1, -0.05) is 43.5 Å². The predicted octanol–water partition coefficient (Wildman–Crippen LogP) is 3.19. The van der Waals surface area contributed by atoms with Crippen LogP contribution < -0.4 is 0 Å². The normalized spacial score (nSPS) is 40.8. The van der Waals surface area contributed by atoms with Crippen molar-refractivity contribution in [1.82, 2.24) is 0 Å². The number of Topliss-reactive ketones (excluding diaryl/α,β-unsaturated/α-hetero) is 1. The molecule has 0 unspecified atom stereocenters. The zero-order valence-electron chi connectivity index (χ0n) is 7.94. The van der Waals surface area contributed by atoms with Crippen molar-refractivity contribution in [3.8, 4) is 0 Å². The molecular weight excluding hydrogens is 207 g/mol. The van der Waals surface area contributed by atoms with Crippen LogP contribution in [0.3, 0.4) is 0 Å². The summed E-state index contributed by atoms with van der Waals surface area (Å²) < 4.78 is -1.07. The third-order valence-corrected chi connectivity index (χ3v) is 4.59. The molecule has 0 aliphatic heterocycles. The van der Waals surface area contributed by atoms with Crippen LogP contribution in [0, 0.1) is 17.3 Å². The first kappa shape index (κ1) is 9.79. The van der Waals surface area contributed by atoms with Gasteiger partial charge in [-0.05, 0) is 18.3 Å². The van der Waals surface area contributed by atoms with Gasteiger partial charge in [0, 0.05) is 11.8 Å². The fourth-order valence-electron chi connectivity index (χ4n) is 2.87. The Kier molecular flexibility index (Phi) is 1.99. The molecule has 0 aromatic carbocycles. The number of alkyl halides is 2. The molecule has 0 amide bonds. The SMILES string of the molecule is CC1(C)CCC[C@H]2[C@@H]1C(=O)C2(Cl)Cl. The molecule has 0 bridgehead atoms. The van der Waals surface area contributed by atoms with Gasteiger partial charge in [0.1, 0.15) is 0 Å². The Bertz CT molecular complexity index is 258. The lowest BCUT2D eigenvalue weighted by Gasteiger charge is -2.55. The van der Waals surface area contributed by atoms with E-state index in [9.17, 15) is 4.79 Å². The lowest BCUT2D eigenvalue weighted by molar-refractivity contribution is -0.146. The van der Waals surface area contributed by atoms with Crippen molar-refractivity contribution < 1.29 is 4.79 Å². The minimum Gasteiger partial charge on any atom is -0.296 e. The monoisotopic (exact) mass is 220 g/mol. The van der Waals surface area contributed by atoms with Crippen LogP contribution in [0.4, 0.5) is 0 Å². The molecule has 2 saturated carbocycles.